The molecule has 0 radical (unpaired) electrons. The van der Waals surface area contributed by atoms with Crippen molar-refractivity contribution >= 4 is 35.1 Å². The molecule has 35 heavy (non-hydrogen) atoms. The molecule has 180 valence electrons. The van der Waals surface area contributed by atoms with Crippen LogP contribution in [0.4, 0.5) is 11.4 Å². The normalized spacial score (nSPS) is 29.3. The van der Waals surface area contributed by atoms with Crippen molar-refractivity contribution in [1.82, 2.24) is 0 Å². The van der Waals surface area contributed by atoms with Gasteiger partial charge >= 0.3 is 5.97 Å². The highest BCUT2D eigenvalue weighted by Crippen LogP contribution is 2.56. The lowest BCUT2D eigenvalue weighted by atomic mass is 9.81. The van der Waals surface area contributed by atoms with E-state index in [9.17, 15) is 19.2 Å². The zero-order valence-corrected chi connectivity index (χ0v) is 19.9. The summed E-state index contributed by atoms with van der Waals surface area (Å²) in [4.78, 5) is 54.7. The zero-order valence-electron chi connectivity index (χ0n) is 19.9. The number of benzene rings is 2. The Morgan fingerprint density at radius 1 is 0.943 bits per heavy atom. The van der Waals surface area contributed by atoms with Crippen LogP contribution in [0, 0.1) is 43.4 Å². The minimum atomic E-state index is -0.556. The number of amides is 3. The quantitative estimate of drug-likeness (QED) is 0.384. The van der Waals surface area contributed by atoms with E-state index in [2.05, 4.69) is 0 Å². The number of rotatable bonds is 4. The van der Waals surface area contributed by atoms with Crippen molar-refractivity contribution in [3.8, 4) is 5.75 Å². The number of anilines is 2. The Morgan fingerprint density at radius 3 is 2.31 bits per heavy atom. The lowest BCUT2D eigenvalue weighted by Gasteiger charge is -2.20. The second kappa shape index (κ2) is 8.04. The third kappa shape index (κ3) is 3.48. The number of aryl methyl sites for hydroxylation is 2. The van der Waals surface area contributed by atoms with Crippen LogP contribution >= 0.6 is 0 Å². The molecule has 2 saturated heterocycles. The number of carbonyl (C=O) groups is 4. The Morgan fingerprint density at radius 2 is 1.66 bits per heavy atom. The van der Waals surface area contributed by atoms with Crippen LogP contribution < -0.4 is 14.5 Å². The standard InChI is InChI=1S/C28H28N2O5/c1-15-4-3-5-20(10-15)29-14-19(13-23(29)31)28(34)35-21-8-9-22(16(2)11-21)30-26(32)24-17-6-7-18(12-17)25(24)27(30)33/h3-5,8-11,17-19,24-25H,6-7,12-14H2,1-2H3/t17-,18-,19+,24+,25+/m0/s1. The SMILES string of the molecule is Cc1cccc(N2C[C@H](C(=O)Oc3ccc(N4C(=O)[C@@H]5[C@H]6CC[C@@H](C6)[C@H]5C4=O)c(C)c3)CC2=O)c1. The average Bonchev–Trinajstić information content (AvgIpc) is 3.58. The lowest BCUT2D eigenvalue weighted by Crippen LogP contribution is -2.33. The minimum Gasteiger partial charge on any atom is -0.426 e. The van der Waals surface area contributed by atoms with Crippen LogP contribution in [0.2, 0.25) is 0 Å². The molecule has 2 aromatic rings. The molecule has 0 N–H and O–H groups in total. The molecule has 2 heterocycles. The summed E-state index contributed by atoms with van der Waals surface area (Å²) in [6, 6.07) is 12.6. The average molecular weight is 473 g/mol. The number of hydrogen-bond acceptors (Lipinski definition) is 5. The van der Waals surface area contributed by atoms with E-state index < -0.39 is 11.9 Å². The second-order valence-electron chi connectivity index (χ2n) is 10.5. The van der Waals surface area contributed by atoms with Gasteiger partial charge in [-0.2, -0.15) is 0 Å². The number of carbonyl (C=O) groups excluding carboxylic acids is 4. The predicted octanol–water partition coefficient (Wildman–Crippen LogP) is 3.80. The van der Waals surface area contributed by atoms with Crippen molar-refractivity contribution in [2.45, 2.75) is 39.5 Å². The predicted molar refractivity (Wildman–Crippen MR) is 129 cm³/mol. The number of hydrogen-bond donors (Lipinski definition) is 0. The Labute approximate surface area is 204 Å². The maximum absolute atomic E-state index is 13.2. The molecular formula is C28H28N2O5. The molecule has 7 heteroatoms. The number of nitrogens with zero attached hydrogens (tertiary/aromatic N) is 2. The molecule has 2 aliphatic heterocycles. The van der Waals surface area contributed by atoms with Crippen molar-refractivity contribution in [3.63, 3.8) is 0 Å². The molecule has 3 amide bonds. The van der Waals surface area contributed by atoms with Gasteiger partial charge in [0.1, 0.15) is 5.75 Å². The highest BCUT2D eigenvalue weighted by atomic mass is 16.5. The van der Waals surface area contributed by atoms with Crippen molar-refractivity contribution < 1.29 is 23.9 Å². The molecular weight excluding hydrogens is 444 g/mol. The lowest BCUT2D eigenvalue weighted by molar-refractivity contribution is -0.139. The van der Waals surface area contributed by atoms with E-state index in [1.54, 1.807) is 23.1 Å². The highest BCUT2D eigenvalue weighted by molar-refractivity contribution is 6.23. The minimum absolute atomic E-state index is 0.0826. The van der Waals surface area contributed by atoms with Crippen molar-refractivity contribution in [3.05, 3.63) is 53.6 Å². The summed E-state index contributed by atoms with van der Waals surface area (Å²) in [7, 11) is 0. The van der Waals surface area contributed by atoms with Gasteiger partial charge in [-0.25, -0.2) is 4.90 Å². The summed E-state index contributed by atoms with van der Waals surface area (Å²) in [5.74, 6) is -0.613. The summed E-state index contributed by atoms with van der Waals surface area (Å²) < 4.78 is 5.62. The van der Waals surface area contributed by atoms with Crippen molar-refractivity contribution in [2.24, 2.45) is 29.6 Å². The number of esters is 1. The smallest absolute Gasteiger partial charge is 0.316 e. The topological polar surface area (TPSA) is 84.0 Å². The number of fused-ring (bicyclic) bond motifs is 5. The largest absolute Gasteiger partial charge is 0.426 e. The molecule has 7 nitrogen and oxygen atoms in total. The molecule has 4 aliphatic rings. The Balaban J connectivity index is 1.16. The fourth-order valence-electron chi connectivity index (χ4n) is 6.70. The molecule has 4 fully saturated rings. The fourth-order valence-corrected chi connectivity index (χ4v) is 6.70. The van der Waals surface area contributed by atoms with Crippen LogP contribution in [-0.2, 0) is 19.2 Å². The monoisotopic (exact) mass is 472 g/mol. The summed E-state index contributed by atoms with van der Waals surface area (Å²) >= 11 is 0. The first-order valence-corrected chi connectivity index (χ1v) is 12.4. The summed E-state index contributed by atoms with van der Waals surface area (Å²) in [6.07, 6.45) is 3.18. The maximum Gasteiger partial charge on any atom is 0.316 e. The van der Waals surface area contributed by atoms with Gasteiger partial charge in [-0.05, 0) is 86.4 Å². The van der Waals surface area contributed by atoms with Gasteiger partial charge in [0.2, 0.25) is 17.7 Å². The van der Waals surface area contributed by atoms with Gasteiger partial charge in [-0.3, -0.25) is 19.2 Å². The number of imide groups is 1. The summed E-state index contributed by atoms with van der Waals surface area (Å²) in [5.41, 5.74) is 3.09. The highest BCUT2D eigenvalue weighted by Gasteiger charge is 2.61. The molecule has 2 saturated carbocycles. The van der Waals surface area contributed by atoms with Gasteiger partial charge < -0.3 is 9.64 Å². The first-order chi connectivity index (χ1) is 16.8. The van der Waals surface area contributed by atoms with Crippen LogP contribution in [0.25, 0.3) is 0 Å². The first kappa shape index (κ1) is 22.0. The van der Waals surface area contributed by atoms with Crippen molar-refractivity contribution in [2.75, 3.05) is 16.3 Å². The van der Waals surface area contributed by atoms with Gasteiger partial charge in [0.15, 0.2) is 0 Å². The van der Waals surface area contributed by atoms with E-state index in [1.165, 1.54) is 4.90 Å². The molecule has 2 aliphatic carbocycles. The second-order valence-corrected chi connectivity index (χ2v) is 10.5. The third-order valence-corrected chi connectivity index (χ3v) is 8.33. The summed E-state index contributed by atoms with van der Waals surface area (Å²) in [6.45, 7) is 4.05. The van der Waals surface area contributed by atoms with Crippen LogP contribution in [0.1, 0.15) is 36.8 Å². The van der Waals surface area contributed by atoms with Gasteiger partial charge in [-0.1, -0.05) is 12.1 Å². The van der Waals surface area contributed by atoms with E-state index >= 15 is 0 Å². The van der Waals surface area contributed by atoms with E-state index in [-0.39, 0.29) is 42.5 Å². The van der Waals surface area contributed by atoms with Gasteiger partial charge in [0, 0.05) is 18.7 Å². The first-order valence-electron chi connectivity index (χ1n) is 12.4. The molecule has 5 atom stereocenters. The van der Waals surface area contributed by atoms with Crippen LogP contribution in [0.3, 0.4) is 0 Å². The zero-order chi connectivity index (χ0) is 24.4. The summed E-state index contributed by atoms with van der Waals surface area (Å²) in [5, 5.41) is 0. The number of ether oxygens (including phenoxy) is 1. The van der Waals surface area contributed by atoms with Crippen LogP contribution in [0.5, 0.6) is 5.75 Å². The van der Waals surface area contributed by atoms with Crippen LogP contribution in [0.15, 0.2) is 42.5 Å². The van der Waals surface area contributed by atoms with Gasteiger partial charge in [-0.15, -0.1) is 0 Å². The fraction of sp³-hybridized carbons (Fsp3) is 0.429. The van der Waals surface area contributed by atoms with Gasteiger partial charge in [0.05, 0.1) is 23.4 Å². The molecule has 2 bridgehead atoms. The van der Waals surface area contributed by atoms with E-state index in [0.717, 1.165) is 30.5 Å². The van der Waals surface area contributed by atoms with Crippen molar-refractivity contribution in [1.29, 1.82) is 0 Å². The van der Waals surface area contributed by atoms with Gasteiger partial charge in [0.25, 0.3) is 0 Å². The Hall–Kier alpha value is -3.48. The van der Waals surface area contributed by atoms with Crippen LogP contribution in [-0.4, -0.2) is 30.2 Å². The van der Waals surface area contributed by atoms with E-state index in [0.29, 0.717) is 28.8 Å². The Kier molecular flexibility index (Phi) is 5.06. The molecule has 0 aromatic heterocycles. The maximum atomic E-state index is 13.2. The van der Waals surface area contributed by atoms with E-state index in [4.69, 9.17) is 4.74 Å². The van der Waals surface area contributed by atoms with E-state index in [1.807, 2.05) is 38.1 Å². The molecule has 2 aromatic carbocycles. The third-order valence-electron chi connectivity index (χ3n) is 8.33. The molecule has 0 spiro atoms. The Bertz CT molecular complexity index is 1240. The molecule has 0 unspecified atom stereocenters. The molecule has 6 rings (SSSR count).